The van der Waals surface area contributed by atoms with Crippen LogP contribution >= 0.6 is 0 Å². The number of nitrogens with zero attached hydrogens (tertiary/aromatic N) is 1. The normalized spacial score (nSPS) is 15.6. The molecule has 1 N–H and O–H groups in total. The molecule has 29 heavy (non-hydrogen) atoms. The molecule has 0 atom stereocenters. The molecule has 1 aliphatic rings. The van der Waals surface area contributed by atoms with Gasteiger partial charge in [-0.15, -0.1) is 0 Å². The lowest BCUT2D eigenvalue weighted by Gasteiger charge is -2.30. The maximum Gasteiger partial charge on any atom is 0.227 e. The summed E-state index contributed by atoms with van der Waals surface area (Å²) in [7, 11) is -3.38. The van der Waals surface area contributed by atoms with Crippen LogP contribution < -0.4 is 10.1 Å². The Kier molecular flexibility index (Phi) is 7.06. The molecular weight excluding hydrogens is 388 g/mol. The molecular formula is C22H26N2O4S. The summed E-state index contributed by atoms with van der Waals surface area (Å²) in [4.78, 5) is 12.6. The van der Waals surface area contributed by atoms with Crippen molar-refractivity contribution >= 4 is 21.6 Å². The molecule has 1 saturated heterocycles. The van der Waals surface area contributed by atoms with E-state index in [2.05, 4.69) is 11.9 Å². The van der Waals surface area contributed by atoms with Gasteiger partial charge in [-0.1, -0.05) is 49.1 Å². The first-order chi connectivity index (χ1) is 14.0. The van der Waals surface area contributed by atoms with Crippen LogP contribution in [0.4, 0.5) is 5.69 Å². The summed E-state index contributed by atoms with van der Waals surface area (Å²) in [5, 5.41) is 2.91. The van der Waals surface area contributed by atoms with Crippen LogP contribution in [-0.4, -0.2) is 38.3 Å². The standard InChI is InChI=1S/C22H26N2O4S/c1-2-15-28-21-10-6-9-20(16-21)23-22(25)19-11-13-24(14-12-19)29(26,27)17-18-7-4-3-5-8-18/h2-10,16,19H,1,11-15,17H2,(H,23,25). The van der Waals surface area contributed by atoms with Crippen LogP contribution in [-0.2, 0) is 20.6 Å². The number of amides is 1. The van der Waals surface area contributed by atoms with Crippen molar-refractivity contribution in [1.82, 2.24) is 4.31 Å². The minimum absolute atomic E-state index is 0.0117. The smallest absolute Gasteiger partial charge is 0.227 e. The van der Waals surface area contributed by atoms with Crippen molar-refractivity contribution in [3.63, 3.8) is 0 Å². The van der Waals surface area contributed by atoms with Crippen molar-refractivity contribution in [1.29, 1.82) is 0 Å². The molecule has 1 aliphatic heterocycles. The van der Waals surface area contributed by atoms with Gasteiger partial charge in [0.05, 0.1) is 5.75 Å². The first-order valence-electron chi connectivity index (χ1n) is 9.64. The molecule has 6 nitrogen and oxygen atoms in total. The summed E-state index contributed by atoms with van der Waals surface area (Å²) in [6.07, 6.45) is 2.67. The highest BCUT2D eigenvalue weighted by Gasteiger charge is 2.31. The maximum absolute atomic E-state index is 12.7. The highest BCUT2D eigenvalue weighted by molar-refractivity contribution is 7.88. The first kappa shape index (κ1) is 21.1. The van der Waals surface area contributed by atoms with Crippen LogP contribution in [0.3, 0.4) is 0 Å². The predicted octanol–water partition coefficient (Wildman–Crippen LogP) is 3.43. The molecule has 1 amide bonds. The van der Waals surface area contributed by atoms with Crippen molar-refractivity contribution in [2.75, 3.05) is 25.0 Å². The van der Waals surface area contributed by atoms with Crippen molar-refractivity contribution in [2.45, 2.75) is 18.6 Å². The number of carbonyl (C=O) groups excluding carboxylic acids is 1. The Morgan fingerprint density at radius 2 is 1.86 bits per heavy atom. The summed E-state index contributed by atoms with van der Waals surface area (Å²) in [5.74, 6) is 0.341. The fraction of sp³-hybridized carbons (Fsp3) is 0.318. The molecule has 0 aromatic heterocycles. The predicted molar refractivity (Wildman–Crippen MR) is 114 cm³/mol. The lowest BCUT2D eigenvalue weighted by molar-refractivity contribution is -0.120. The summed E-state index contributed by atoms with van der Waals surface area (Å²) >= 11 is 0. The summed E-state index contributed by atoms with van der Waals surface area (Å²) in [5.41, 5.74) is 1.43. The molecule has 7 heteroatoms. The number of benzene rings is 2. The minimum atomic E-state index is -3.38. The molecule has 0 radical (unpaired) electrons. The third kappa shape index (κ3) is 5.92. The topological polar surface area (TPSA) is 75.7 Å². The van der Waals surface area contributed by atoms with Gasteiger partial charge in [0, 0.05) is 30.8 Å². The molecule has 154 valence electrons. The number of hydrogen-bond acceptors (Lipinski definition) is 4. The van der Waals surface area contributed by atoms with E-state index in [-0.39, 0.29) is 17.6 Å². The van der Waals surface area contributed by atoms with Gasteiger partial charge in [0.1, 0.15) is 12.4 Å². The molecule has 0 unspecified atom stereocenters. The van der Waals surface area contributed by atoms with Crippen molar-refractivity contribution in [3.05, 3.63) is 72.8 Å². The van der Waals surface area contributed by atoms with Gasteiger partial charge >= 0.3 is 0 Å². The number of sulfonamides is 1. The number of anilines is 1. The van der Waals surface area contributed by atoms with Crippen LogP contribution in [0, 0.1) is 5.92 Å². The summed E-state index contributed by atoms with van der Waals surface area (Å²) < 4.78 is 32.3. The second-order valence-corrected chi connectivity index (χ2v) is 9.00. The number of piperidine rings is 1. The fourth-order valence-electron chi connectivity index (χ4n) is 3.34. The number of rotatable bonds is 8. The SMILES string of the molecule is C=CCOc1cccc(NC(=O)C2CCN(S(=O)(=O)Cc3ccccc3)CC2)c1. The van der Waals surface area contributed by atoms with E-state index < -0.39 is 10.0 Å². The molecule has 1 heterocycles. The maximum atomic E-state index is 12.7. The lowest BCUT2D eigenvalue weighted by Crippen LogP contribution is -2.41. The average molecular weight is 415 g/mol. The summed E-state index contributed by atoms with van der Waals surface area (Å²) in [6.45, 7) is 4.72. The quantitative estimate of drug-likeness (QED) is 0.672. The highest BCUT2D eigenvalue weighted by atomic mass is 32.2. The largest absolute Gasteiger partial charge is 0.489 e. The van der Waals surface area contributed by atoms with Crippen LogP contribution in [0.2, 0.25) is 0 Å². The van der Waals surface area contributed by atoms with Gasteiger partial charge in [0.15, 0.2) is 0 Å². The average Bonchev–Trinajstić information content (AvgIpc) is 2.73. The minimum Gasteiger partial charge on any atom is -0.489 e. The zero-order chi connectivity index (χ0) is 20.7. The van der Waals surface area contributed by atoms with Gasteiger partial charge in [-0.25, -0.2) is 12.7 Å². The Bertz CT molecular complexity index is 936. The highest BCUT2D eigenvalue weighted by Crippen LogP contribution is 2.24. The van der Waals surface area contributed by atoms with Crippen LogP contribution in [0.1, 0.15) is 18.4 Å². The summed E-state index contributed by atoms with van der Waals surface area (Å²) in [6, 6.07) is 16.3. The Labute approximate surface area is 172 Å². The van der Waals surface area contributed by atoms with Gasteiger partial charge in [-0.2, -0.15) is 0 Å². The third-order valence-corrected chi connectivity index (χ3v) is 6.73. The lowest BCUT2D eigenvalue weighted by atomic mass is 9.97. The van der Waals surface area contributed by atoms with Gasteiger partial charge in [-0.3, -0.25) is 4.79 Å². The van der Waals surface area contributed by atoms with Gasteiger partial charge in [-0.05, 0) is 30.5 Å². The first-order valence-corrected chi connectivity index (χ1v) is 11.3. The van der Waals surface area contributed by atoms with E-state index in [1.54, 1.807) is 18.2 Å². The zero-order valence-corrected chi connectivity index (χ0v) is 17.1. The fourth-order valence-corrected chi connectivity index (χ4v) is 4.90. The second kappa shape index (κ2) is 9.71. The van der Waals surface area contributed by atoms with E-state index in [0.29, 0.717) is 44.0 Å². The molecule has 0 spiro atoms. The molecule has 2 aromatic rings. The Morgan fingerprint density at radius 3 is 2.55 bits per heavy atom. The zero-order valence-electron chi connectivity index (χ0n) is 16.3. The Hall–Kier alpha value is -2.64. The molecule has 0 bridgehead atoms. The molecule has 1 fully saturated rings. The number of hydrogen-bond donors (Lipinski definition) is 1. The van der Waals surface area contributed by atoms with E-state index in [0.717, 1.165) is 5.56 Å². The number of carbonyl (C=O) groups is 1. The third-order valence-electron chi connectivity index (χ3n) is 4.88. The van der Waals surface area contributed by atoms with E-state index in [9.17, 15) is 13.2 Å². The Morgan fingerprint density at radius 1 is 1.14 bits per heavy atom. The van der Waals surface area contributed by atoms with Crippen LogP contribution in [0.25, 0.3) is 0 Å². The van der Waals surface area contributed by atoms with Crippen molar-refractivity contribution < 1.29 is 17.9 Å². The van der Waals surface area contributed by atoms with Crippen LogP contribution in [0.15, 0.2) is 67.3 Å². The monoisotopic (exact) mass is 414 g/mol. The number of nitrogens with one attached hydrogen (secondary N) is 1. The van der Waals surface area contributed by atoms with Crippen molar-refractivity contribution in [2.24, 2.45) is 5.92 Å². The molecule has 2 aromatic carbocycles. The van der Waals surface area contributed by atoms with E-state index in [4.69, 9.17) is 4.74 Å². The molecule has 3 rings (SSSR count). The Balaban J connectivity index is 1.53. The van der Waals surface area contributed by atoms with Gasteiger partial charge < -0.3 is 10.1 Å². The van der Waals surface area contributed by atoms with Crippen LogP contribution in [0.5, 0.6) is 5.75 Å². The van der Waals surface area contributed by atoms with Crippen molar-refractivity contribution in [3.8, 4) is 5.75 Å². The van der Waals surface area contributed by atoms with Gasteiger partial charge in [0.25, 0.3) is 0 Å². The molecule has 0 aliphatic carbocycles. The van der Waals surface area contributed by atoms with E-state index in [1.807, 2.05) is 42.5 Å². The van der Waals surface area contributed by atoms with E-state index in [1.165, 1.54) is 4.31 Å². The second-order valence-electron chi connectivity index (χ2n) is 7.03. The van der Waals surface area contributed by atoms with Gasteiger partial charge in [0.2, 0.25) is 15.9 Å². The molecule has 0 saturated carbocycles. The number of ether oxygens (including phenoxy) is 1. The van der Waals surface area contributed by atoms with E-state index >= 15 is 0 Å².